The number of amides is 2. The summed E-state index contributed by atoms with van der Waals surface area (Å²) >= 11 is 3.11. The van der Waals surface area contributed by atoms with Crippen molar-refractivity contribution in [3.8, 4) is 0 Å². The van der Waals surface area contributed by atoms with Gasteiger partial charge < -0.3 is 20.8 Å². The van der Waals surface area contributed by atoms with Crippen LogP contribution in [-0.4, -0.2) is 34.4 Å². The molecule has 0 saturated carbocycles. The Bertz CT molecular complexity index is 496. The van der Waals surface area contributed by atoms with Crippen LogP contribution in [0.2, 0.25) is 0 Å². The Morgan fingerprint density at radius 1 is 1.42 bits per heavy atom. The normalized spacial score (nSPS) is 13.5. The average Bonchev–Trinajstić information content (AvgIpc) is 2.30. The maximum absolute atomic E-state index is 13.4. The molecule has 104 valence electrons. The lowest BCUT2D eigenvalue weighted by molar-refractivity contribution is -0.141. The van der Waals surface area contributed by atoms with Crippen molar-refractivity contribution in [3.63, 3.8) is 0 Å². The molecule has 19 heavy (non-hydrogen) atoms. The van der Waals surface area contributed by atoms with E-state index in [1.165, 1.54) is 19.1 Å². The maximum atomic E-state index is 13.4. The number of carboxylic acids is 1. The molecule has 1 rings (SSSR count). The monoisotopic (exact) mass is 334 g/mol. The highest BCUT2D eigenvalue weighted by atomic mass is 79.9. The molecule has 2 unspecified atom stereocenters. The smallest absolute Gasteiger partial charge is 0.328 e. The summed E-state index contributed by atoms with van der Waals surface area (Å²) in [5.41, 5.74) is -0.110. The second-order valence-corrected chi connectivity index (χ2v) is 4.69. The summed E-state index contributed by atoms with van der Waals surface area (Å²) in [4.78, 5) is 22.3. The van der Waals surface area contributed by atoms with Crippen LogP contribution in [0.15, 0.2) is 22.7 Å². The molecule has 0 fully saturated rings. The number of hydrogen-bond acceptors (Lipinski definition) is 3. The number of rotatable bonds is 4. The largest absolute Gasteiger partial charge is 0.480 e. The molecule has 0 spiro atoms. The molecule has 0 saturated heterocycles. The molecular weight excluding hydrogens is 323 g/mol. The molecular formula is C11H12BrFN2O4. The minimum Gasteiger partial charge on any atom is -0.480 e. The lowest BCUT2D eigenvalue weighted by atomic mass is 10.2. The fraction of sp³-hybridized carbons (Fsp3) is 0.273. The number of carbonyl (C=O) groups excluding carboxylic acids is 1. The summed E-state index contributed by atoms with van der Waals surface area (Å²) in [6.07, 6.45) is -1.28. The molecule has 4 N–H and O–H groups in total. The van der Waals surface area contributed by atoms with Gasteiger partial charge in [-0.25, -0.2) is 14.0 Å². The number of aliphatic hydroxyl groups is 1. The zero-order chi connectivity index (χ0) is 14.6. The van der Waals surface area contributed by atoms with Crippen LogP contribution in [-0.2, 0) is 4.79 Å². The van der Waals surface area contributed by atoms with E-state index in [9.17, 15) is 19.1 Å². The van der Waals surface area contributed by atoms with Gasteiger partial charge in [-0.15, -0.1) is 0 Å². The Hall–Kier alpha value is -1.67. The summed E-state index contributed by atoms with van der Waals surface area (Å²) in [5, 5.41) is 22.2. The van der Waals surface area contributed by atoms with E-state index in [2.05, 4.69) is 21.2 Å². The first-order chi connectivity index (χ1) is 8.81. The van der Waals surface area contributed by atoms with Crippen LogP contribution in [0.1, 0.15) is 6.92 Å². The lowest BCUT2D eigenvalue weighted by Crippen LogP contribution is -2.49. The molecule has 0 aromatic heterocycles. The Balaban J connectivity index is 2.74. The van der Waals surface area contributed by atoms with Gasteiger partial charge in [-0.1, -0.05) is 15.9 Å². The van der Waals surface area contributed by atoms with Gasteiger partial charge in [0.2, 0.25) is 0 Å². The van der Waals surface area contributed by atoms with Crippen LogP contribution in [0, 0.1) is 5.82 Å². The molecule has 0 aliphatic carbocycles. The highest BCUT2D eigenvalue weighted by Gasteiger charge is 2.25. The van der Waals surface area contributed by atoms with Crippen molar-refractivity contribution in [3.05, 3.63) is 28.5 Å². The molecule has 0 radical (unpaired) electrons. The predicted octanol–water partition coefficient (Wildman–Crippen LogP) is 1.54. The lowest BCUT2D eigenvalue weighted by Gasteiger charge is -2.17. The number of aliphatic carboxylic acids is 1. The van der Waals surface area contributed by atoms with E-state index < -0.39 is 30.0 Å². The van der Waals surface area contributed by atoms with Crippen LogP contribution >= 0.6 is 15.9 Å². The first kappa shape index (κ1) is 15.4. The fourth-order valence-electron chi connectivity index (χ4n) is 1.28. The average molecular weight is 335 g/mol. The number of halogens is 2. The highest BCUT2D eigenvalue weighted by Crippen LogP contribution is 2.19. The zero-order valence-electron chi connectivity index (χ0n) is 9.85. The van der Waals surface area contributed by atoms with Crippen molar-refractivity contribution in [1.29, 1.82) is 0 Å². The standard InChI is InChI=1S/C11H12BrFN2O4/c1-5(16)9(10(17)18)15-11(19)14-8-4-6(12)2-3-7(8)13/h2-5,9,16H,1H3,(H,17,18)(H2,14,15,19). The van der Waals surface area contributed by atoms with Gasteiger partial charge in [0.25, 0.3) is 0 Å². The molecule has 1 aromatic rings. The zero-order valence-corrected chi connectivity index (χ0v) is 11.4. The second-order valence-electron chi connectivity index (χ2n) is 3.78. The van der Waals surface area contributed by atoms with Crippen LogP contribution in [0.4, 0.5) is 14.9 Å². The molecule has 6 nitrogen and oxygen atoms in total. The van der Waals surface area contributed by atoms with Crippen molar-refractivity contribution in [1.82, 2.24) is 5.32 Å². The molecule has 1 aromatic carbocycles. The summed E-state index contributed by atoms with van der Waals surface area (Å²) in [6.45, 7) is 1.22. The highest BCUT2D eigenvalue weighted by molar-refractivity contribution is 9.10. The summed E-state index contributed by atoms with van der Waals surface area (Å²) in [5.74, 6) is -2.05. The number of benzene rings is 1. The van der Waals surface area contributed by atoms with Crippen LogP contribution in [0.3, 0.4) is 0 Å². The minimum atomic E-state index is -1.48. The first-order valence-electron chi connectivity index (χ1n) is 5.24. The fourth-order valence-corrected chi connectivity index (χ4v) is 1.64. The van der Waals surface area contributed by atoms with Crippen molar-refractivity contribution < 1.29 is 24.2 Å². The number of anilines is 1. The van der Waals surface area contributed by atoms with E-state index >= 15 is 0 Å². The Morgan fingerprint density at radius 2 is 2.05 bits per heavy atom. The number of urea groups is 1. The van der Waals surface area contributed by atoms with E-state index in [4.69, 9.17) is 5.11 Å². The number of nitrogens with one attached hydrogen (secondary N) is 2. The van der Waals surface area contributed by atoms with Crippen LogP contribution in [0.25, 0.3) is 0 Å². The van der Waals surface area contributed by atoms with Crippen LogP contribution < -0.4 is 10.6 Å². The minimum absolute atomic E-state index is 0.110. The molecule has 0 aliphatic rings. The van der Waals surface area contributed by atoms with Gasteiger partial charge in [-0.05, 0) is 25.1 Å². The van der Waals surface area contributed by atoms with E-state index in [1.54, 1.807) is 0 Å². The van der Waals surface area contributed by atoms with Gasteiger partial charge >= 0.3 is 12.0 Å². The van der Waals surface area contributed by atoms with Gasteiger partial charge in [0.15, 0.2) is 6.04 Å². The van der Waals surface area contributed by atoms with Crippen molar-refractivity contribution >= 4 is 33.6 Å². The third-order valence-electron chi connectivity index (χ3n) is 2.21. The van der Waals surface area contributed by atoms with Crippen molar-refractivity contribution in [2.24, 2.45) is 0 Å². The van der Waals surface area contributed by atoms with Crippen molar-refractivity contribution in [2.45, 2.75) is 19.1 Å². The van der Waals surface area contributed by atoms with E-state index in [1.807, 2.05) is 5.32 Å². The molecule has 2 atom stereocenters. The Labute approximate surface area is 116 Å². The van der Waals surface area contributed by atoms with E-state index in [0.29, 0.717) is 4.47 Å². The number of aliphatic hydroxyl groups excluding tert-OH is 1. The Morgan fingerprint density at radius 3 is 2.58 bits per heavy atom. The maximum Gasteiger partial charge on any atom is 0.328 e. The predicted molar refractivity (Wildman–Crippen MR) is 69.4 cm³/mol. The second kappa shape index (κ2) is 6.48. The third kappa shape index (κ3) is 4.49. The van der Waals surface area contributed by atoms with Crippen molar-refractivity contribution in [2.75, 3.05) is 5.32 Å². The molecule has 2 amide bonds. The van der Waals surface area contributed by atoms with Crippen LogP contribution in [0.5, 0.6) is 0 Å². The van der Waals surface area contributed by atoms with E-state index in [-0.39, 0.29) is 5.69 Å². The van der Waals surface area contributed by atoms with Gasteiger partial charge in [0, 0.05) is 4.47 Å². The van der Waals surface area contributed by atoms with E-state index in [0.717, 1.165) is 6.07 Å². The molecule has 8 heteroatoms. The molecule has 0 aliphatic heterocycles. The topological polar surface area (TPSA) is 98.7 Å². The summed E-state index contributed by atoms with van der Waals surface area (Å²) in [6, 6.07) is 1.52. The SMILES string of the molecule is CC(O)C(NC(=O)Nc1cc(Br)ccc1F)C(=O)O. The summed E-state index contributed by atoms with van der Waals surface area (Å²) < 4.78 is 13.9. The Kier molecular flexibility index (Phi) is 5.25. The molecule has 0 bridgehead atoms. The quantitative estimate of drug-likeness (QED) is 0.671. The van der Waals surface area contributed by atoms with Gasteiger partial charge in [-0.2, -0.15) is 0 Å². The number of carboxylic acid groups (broad SMARTS) is 1. The first-order valence-corrected chi connectivity index (χ1v) is 6.04. The number of carbonyl (C=O) groups is 2. The third-order valence-corrected chi connectivity index (χ3v) is 2.70. The van der Waals surface area contributed by atoms with Gasteiger partial charge in [0.1, 0.15) is 5.82 Å². The molecule has 0 heterocycles. The number of hydrogen-bond donors (Lipinski definition) is 4. The van der Waals surface area contributed by atoms with Gasteiger partial charge in [0.05, 0.1) is 11.8 Å². The van der Waals surface area contributed by atoms with Gasteiger partial charge in [-0.3, -0.25) is 0 Å². The summed E-state index contributed by atoms with van der Waals surface area (Å²) in [7, 11) is 0.